The Morgan fingerprint density at radius 1 is 0.889 bits per heavy atom. The second kappa shape index (κ2) is 7.87. The van der Waals surface area contributed by atoms with E-state index in [1.807, 2.05) is 24.3 Å². The second-order valence-electron chi connectivity index (χ2n) is 8.01. The summed E-state index contributed by atoms with van der Waals surface area (Å²) >= 11 is 0. The number of aliphatic hydroxyl groups excluding tert-OH is 1. The lowest BCUT2D eigenvalue weighted by Crippen LogP contribution is -2.23. The molecule has 0 aliphatic rings. The van der Waals surface area contributed by atoms with Crippen LogP contribution in [0, 0.1) is 0 Å². The summed E-state index contributed by atoms with van der Waals surface area (Å²) < 4.78 is 0. The van der Waals surface area contributed by atoms with Crippen LogP contribution in [0.3, 0.4) is 0 Å². The molecule has 0 fully saturated rings. The van der Waals surface area contributed by atoms with Gasteiger partial charge in [-0.05, 0) is 47.4 Å². The molecule has 2 nitrogen and oxygen atoms in total. The molecule has 0 saturated heterocycles. The van der Waals surface area contributed by atoms with Crippen LogP contribution in [0.15, 0.2) is 84.7 Å². The molecule has 0 bridgehead atoms. The Morgan fingerprint density at radius 3 is 2.04 bits per heavy atom. The van der Waals surface area contributed by atoms with Crippen LogP contribution in [-0.2, 0) is 10.8 Å². The van der Waals surface area contributed by atoms with Crippen LogP contribution in [0.1, 0.15) is 51.3 Å². The minimum absolute atomic E-state index is 0.195. The average Bonchev–Trinajstić information content (AvgIpc) is 2.62. The van der Waals surface area contributed by atoms with E-state index in [9.17, 15) is 10.2 Å². The number of phenolic OH excluding ortho intramolecular Hbond substituents is 1. The summed E-state index contributed by atoms with van der Waals surface area (Å²) in [6, 6.07) is 16.0. The first-order valence-electron chi connectivity index (χ1n) is 9.20. The molecule has 2 N–H and O–H groups in total. The number of phenols is 1. The van der Waals surface area contributed by atoms with E-state index in [1.54, 1.807) is 25.1 Å². The molecule has 0 amide bonds. The Hall–Kier alpha value is -2.74. The van der Waals surface area contributed by atoms with Crippen molar-refractivity contribution >= 4 is 0 Å². The smallest absolute Gasteiger partial charge is 0.115 e. The van der Waals surface area contributed by atoms with E-state index < -0.39 is 0 Å². The molecule has 0 atom stereocenters. The number of rotatable bonds is 6. The van der Waals surface area contributed by atoms with Crippen LogP contribution >= 0.6 is 0 Å². The second-order valence-corrected chi connectivity index (χ2v) is 8.01. The number of aromatic hydroxyl groups is 1. The number of aliphatic hydroxyl groups is 1. The summed E-state index contributed by atoms with van der Waals surface area (Å²) in [5.74, 6) is 0.546. The maximum Gasteiger partial charge on any atom is 0.115 e. The molecule has 2 rings (SSSR count). The van der Waals surface area contributed by atoms with Crippen LogP contribution in [0.25, 0.3) is 0 Å². The highest BCUT2D eigenvalue weighted by molar-refractivity contribution is 5.46. The largest absolute Gasteiger partial charge is 0.513 e. The van der Waals surface area contributed by atoms with Gasteiger partial charge in [-0.3, -0.25) is 0 Å². The third kappa shape index (κ3) is 4.51. The first-order valence-corrected chi connectivity index (χ1v) is 9.20. The fourth-order valence-electron chi connectivity index (χ4n) is 3.25. The lowest BCUT2D eigenvalue weighted by molar-refractivity contribution is 0.414. The molecule has 0 aliphatic heterocycles. The molecular formula is C25H30O2. The van der Waals surface area contributed by atoms with E-state index in [1.165, 1.54) is 11.1 Å². The highest BCUT2D eigenvalue weighted by Gasteiger charge is 2.28. The Balaban J connectivity index is 2.50. The fourth-order valence-corrected chi connectivity index (χ4v) is 3.25. The van der Waals surface area contributed by atoms with E-state index in [0.29, 0.717) is 0 Å². The van der Waals surface area contributed by atoms with E-state index >= 15 is 0 Å². The lowest BCUT2D eigenvalue weighted by atomic mass is 9.73. The van der Waals surface area contributed by atoms with Gasteiger partial charge in [-0.1, -0.05) is 82.8 Å². The summed E-state index contributed by atoms with van der Waals surface area (Å²) in [5, 5.41) is 19.1. The summed E-state index contributed by atoms with van der Waals surface area (Å²) in [7, 11) is 0. The zero-order chi connectivity index (χ0) is 20.2. The van der Waals surface area contributed by atoms with E-state index in [4.69, 9.17) is 0 Å². The zero-order valence-electron chi connectivity index (χ0n) is 17.0. The summed E-state index contributed by atoms with van der Waals surface area (Å²) in [6.45, 7) is 14.3. The van der Waals surface area contributed by atoms with E-state index in [0.717, 1.165) is 11.1 Å². The molecule has 0 aromatic heterocycles. The highest BCUT2D eigenvalue weighted by Crippen LogP contribution is 2.37. The van der Waals surface area contributed by atoms with Gasteiger partial charge in [0.15, 0.2) is 0 Å². The molecule has 0 saturated carbocycles. The maximum absolute atomic E-state index is 9.58. The van der Waals surface area contributed by atoms with Crippen molar-refractivity contribution in [2.45, 2.75) is 45.4 Å². The predicted octanol–water partition coefficient (Wildman–Crippen LogP) is 6.57. The van der Waals surface area contributed by atoms with Gasteiger partial charge in [0.25, 0.3) is 0 Å². The van der Waals surface area contributed by atoms with Gasteiger partial charge < -0.3 is 10.2 Å². The van der Waals surface area contributed by atoms with Gasteiger partial charge in [0.1, 0.15) is 5.75 Å². The molecule has 0 spiro atoms. The number of hydrogen-bond donors (Lipinski definition) is 2. The van der Waals surface area contributed by atoms with Crippen molar-refractivity contribution in [3.8, 4) is 5.75 Å². The van der Waals surface area contributed by atoms with Crippen molar-refractivity contribution in [1.29, 1.82) is 0 Å². The molecule has 2 aromatic rings. The molecule has 0 aliphatic carbocycles. The van der Waals surface area contributed by atoms with Crippen LogP contribution in [0.4, 0.5) is 0 Å². The third-order valence-corrected chi connectivity index (χ3v) is 5.34. The first kappa shape index (κ1) is 20.6. The van der Waals surface area contributed by atoms with Crippen LogP contribution < -0.4 is 0 Å². The molecule has 27 heavy (non-hydrogen) atoms. The lowest BCUT2D eigenvalue weighted by Gasteiger charge is -2.31. The molecule has 142 valence electrons. The predicted molar refractivity (Wildman–Crippen MR) is 114 cm³/mol. The quantitative estimate of drug-likeness (QED) is 0.451. The fraction of sp³-hybridized carbons (Fsp3) is 0.280. The van der Waals surface area contributed by atoms with Gasteiger partial charge in [-0.2, -0.15) is 0 Å². The summed E-state index contributed by atoms with van der Waals surface area (Å²) in [4.78, 5) is 0. The van der Waals surface area contributed by atoms with Gasteiger partial charge in [0, 0.05) is 10.8 Å². The summed E-state index contributed by atoms with van der Waals surface area (Å²) in [6.07, 6.45) is 5.46. The van der Waals surface area contributed by atoms with Crippen LogP contribution in [-0.4, -0.2) is 10.2 Å². The zero-order valence-corrected chi connectivity index (χ0v) is 17.0. The van der Waals surface area contributed by atoms with Crippen LogP contribution in [0.5, 0.6) is 5.75 Å². The average molecular weight is 363 g/mol. The Labute approximate surface area is 163 Å². The minimum Gasteiger partial charge on any atom is -0.513 e. The van der Waals surface area contributed by atoms with Gasteiger partial charge in [0.05, 0.1) is 5.76 Å². The van der Waals surface area contributed by atoms with E-state index in [2.05, 4.69) is 58.5 Å². The van der Waals surface area contributed by atoms with Crippen molar-refractivity contribution in [1.82, 2.24) is 0 Å². The molecule has 0 heterocycles. The van der Waals surface area contributed by atoms with Crippen molar-refractivity contribution in [2.75, 3.05) is 0 Å². The van der Waals surface area contributed by atoms with Gasteiger partial charge in [-0.15, -0.1) is 0 Å². The topological polar surface area (TPSA) is 40.5 Å². The van der Waals surface area contributed by atoms with Gasteiger partial charge in [0.2, 0.25) is 0 Å². The number of hydrogen-bond acceptors (Lipinski definition) is 2. The molecule has 0 unspecified atom stereocenters. The highest BCUT2D eigenvalue weighted by atomic mass is 16.3. The van der Waals surface area contributed by atoms with Gasteiger partial charge in [-0.25, -0.2) is 0 Å². The Bertz CT molecular complexity index is 861. The number of allylic oxidation sites excluding steroid dienone is 5. The summed E-state index contributed by atoms with van der Waals surface area (Å²) in [5.41, 5.74) is 4.12. The minimum atomic E-state index is -0.255. The normalized spacial score (nSPS) is 13.5. The monoisotopic (exact) mass is 362 g/mol. The standard InChI is InChI=1S/C25H30O2/c1-7-19(12-11-18(2)26)24(3,4)21-9-8-10-22(17-21)25(5,6)20-13-15-23(27)16-14-20/h7-17,26-27H,1H2,2-6H3/b18-11+,19-12+. The SMILES string of the molecule is C=C/C(=C\C=C(/C)O)C(C)(C)c1cccc(C(C)(C)c2ccc(O)cc2)c1. The Morgan fingerprint density at radius 2 is 1.48 bits per heavy atom. The van der Waals surface area contributed by atoms with Crippen molar-refractivity contribution in [3.63, 3.8) is 0 Å². The van der Waals surface area contributed by atoms with Crippen molar-refractivity contribution in [2.24, 2.45) is 0 Å². The molecule has 0 radical (unpaired) electrons. The number of benzene rings is 2. The van der Waals surface area contributed by atoms with Gasteiger partial charge >= 0.3 is 0 Å². The first-order chi connectivity index (χ1) is 12.6. The molecule has 2 aromatic carbocycles. The third-order valence-electron chi connectivity index (χ3n) is 5.34. The maximum atomic E-state index is 9.58. The van der Waals surface area contributed by atoms with Crippen molar-refractivity contribution in [3.05, 3.63) is 101 Å². The molecular weight excluding hydrogens is 332 g/mol. The van der Waals surface area contributed by atoms with Crippen molar-refractivity contribution < 1.29 is 10.2 Å². The van der Waals surface area contributed by atoms with E-state index in [-0.39, 0.29) is 22.3 Å². The Kier molecular flexibility index (Phi) is 6.00. The molecule has 2 heteroatoms. The van der Waals surface area contributed by atoms with Crippen LogP contribution in [0.2, 0.25) is 0 Å².